The second-order valence-corrected chi connectivity index (χ2v) is 7.58. The monoisotopic (exact) mass is 437 g/mol. The number of carbonyl (C=O) groups excluding carboxylic acids is 1. The summed E-state index contributed by atoms with van der Waals surface area (Å²) in [4.78, 5) is 35.2. The molecule has 31 heavy (non-hydrogen) atoms. The number of rotatable bonds is 5. The first-order chi connectivity index (χ1) is 15.0. The molecule has 158 valence electrons. The Morgan fingerprint density at radius 1 is 1.06 bits per heavy atom. The van der Waals surface area contributed by atoms with Crippen LogP contribution in [0.25, 0.3) is 11.3 Å². The first-order valence-electron chi connectivity index (χ1n) is 9.76. The van der Waals surface area contributed by atoms with E-state index in [0.717, 1.165) is 11.1 Å². The Morgan fingerprint density at radius 2 is 1.81 bits per heavy atom. The number of hydrogen-bond donors (Lipinski definition) is 1. The number of aliphatic carboxylic acids is 1. The number of ether oxygens (including phenoxy) is 1. The number of carbonyl (C=O) groups is 2. The van der Waals surface area contributed by atoms with Gasteiger partial charge in [-0.05, 0) is 36.6 Å². The number of likely N-dealkylation sites (tertiary alicyclic amines) is 1. The maximum atomic E-state index is 13.3. The molecule has 1 fully saturated rings. The van der Waals surface area contributed by atoms with E-state index < -0.39 is 24.0 Å². The molecular formula is C23H20ClN3O4. The average Bonchev–Trinajstić information content (AvgIpc) is 3.24. The van der Waals surface area contributed by atoms with Gasteiger partial charge in [0.2, 0.25) is 0 Å². The summed E-state index contributed by atoms with van der Waals surface area (Å²) in [6.07, 6.45) is 3.69. The molecule has 8 heteroatoms. The molecule has 1 aliphatic rings. The first kappa shape index (κ1) is 20.8. The molecule has 0 radical (unpaired) electrons. The van der Waals surface area contributed by atoms with Gasteiger partial charge in [0.15, 0.2) is 0 Å². The van der Waals surface area contributed by atoms with Crippen LogP contribution in [0.3, 0.4) is 0 Å². The van der Waals surface area contributed by atoms with Gasteiger partial charge in [-0.15, -0.1) is 0 Å². The number of carboxylic acid groups (broad SMARTS) is 1. The van der Waals surface area contributed by atoms with Gasteiger partial charge in [0.05, 0.1) is 31.2 Å². The third kappa shape index (κ3) is 3.96. The average molecular weight is 438 g/mol. The molecule has 0 bridgehead atoms. The van der Waals surface area contributed by atoms with E-state index in [0.29, 0.717) is 29.3 Å². The third-order valence-electron chi connectivity index (χ3n) is 5.42. The lowest BCUT2D eigenvalue weighted by molar-refractivity contribution is -0.141. The van der Waals surface area contributed by atoms with E-state index in [9.17, 15) is 14.7 Å². The van der Waals surface area contributed by atoms with Crippen molar-refractivity contribution in [1.29, 1.82) is 0 Å². The van der Waals surface area contributed by atoms with Crippen molar-refractivity contribution in [2.24, 2.45) is 0 Å². The lowest BCUT2D eigenvalue weighted by Crippen LogP contribution is -2.42. The number of benzene rings is 2. The highest BCUT2D eigenvalue weighted by molar-refractivity contribution is 6.31. The van der Waals surface area contributed by atoms with Crippen molar-refractivity contribution >= 4 is 23.5 Å². The first-order valence-corrected chi connectivity index (χ1v) is 10.1. The molecule has 0 unspecified atom stereocenters. The zero-order chi connectivity index (χ0) is 22.0. The van der Waals surface area contributed by atoms with E-state index in [1.807, 2.05) is 36.4 Å². The van der Waals surface area contributed by atoms with Crippen LogP contribution in [0.5, 0.6) is 5.75 Å². The maximum Gasteiger partial charge on any atom is 0.326 e. The molecule has 2 heterocycles. The van der Waals surface area contributed by atoms with Crippen LogP contribution in [0.15, 0.2) is 60.9 Å². The van der Waals surface area contributed by atoms with E-state index in [1.54, 1.807) is 19.2 Å². The highest BCUT2D eigenvalue weighted by atomic mass is 35.5. The highest BCUT2D eigenvalue weighted by Crippen LogP contribution is 2.40. The summed E-state index contributed by atoms with van der Waals surface area (Å²) < 4.78 is 5.35. The molecule has 7 nitrogen and oxygen atoms in total. The molecule has 0 spiro atoms. The summed E-state index contributed by atoms with van der Waals surface area (Å²) in [7, 11) is 1.57. The fourth-order valence-electron chi connectivity index (χ4n) is 3.95. The van der Waals surface area contributed by atoms with E-state index in [2.05, 4.69) is 9.97 Å². The quantitative estimate of drug-likeness (QED) is 0.641. The predicted molar refractivity (Wildman–Crippen MR) is 115 cm³/mol. The highest BCUT2D eigenvalue weighted by Gasteiger charge is 2.43. The van der Waals surface area contributed by atoms with Crippen molar-refractivity contribution in [2.45, 2.75) is 24.9 Å². The summed E-state index contributed by atoms with van der Waals surface area (Å²) >= 11 is 6.34. The zero-order valence-electron chi connectivity index (χ0n) is 16.7. The summed E-state index contributed by atoms with van der Waals surface area (Å²) in [5.41, 5.74) is 2.09. The number of para-hydroxylation sites is 1. The van der Waals surface area contributed by atoms with Gasteiger partial charge in [0.1, 0.15) is 17.5 Å². The second-order valence-electron chi connectivity index (χ2n) is 7.17. The Balaban J connectivity index is 1.67. The Morgan fingerprint density at radius 3 is 2.48 bits per heavy atom. The number of hydrogen-bond acceptors (Lipinski definition) is 5. The van der Waals surface area contributed by atoms with Crippen LogP contribution in [0.1, 0.15) is 34.9 Å². The maximum absolute atomic E-state index is 13.3. The van der Waals surface area contributed by atoms with Gasteiger partial charge in [-0.1, -0.05) is 41.9 Å². The van der Waals surface area contributed by atoms with Crippen molar-refractivity contribution < 1.29 is 19.4 Å². The molecule has 3 aromatic rings. The minimum absolute atomic E-state index is 0.0730. The number of amides is 1. The zero-order valence-corrected chi connectivity index (χ0v) is 17.5. The van der Waals surface area contributed by atoms with E-state index in [-0.39, 0.29) is 5.69 Å². The Kier molecular flexibility index (Phi) is 5.86. The summed E-state index contributed by atoms with van der Waals surface area (Å²) in [5.74, 6) is -0.907. The molecule has 1 N–H and O–H groups in total. The smallest absolute Gasteiger partial charge is 0.326 e. The summed E-state index contributed by atoms with van der Waals surface area (Å²) in [6.45, 7) is 0. The van der Waals surface area contributed by atoms with Crippen LogP contribution in [-0.4, -0.2) is 45.0 Å². The number of halogens is 1. The van der Waals surface area contributed by atoms with Gasteiger partial charge >= 0.3 is 5.97 Å². The minimum atomic E-state index is -1.05. The molecule has 2 atom stereocenters. The molecular weight excluding hydrogens is 418 g/mol. The number of carboxylic acids is 1. The van der Waals surface area contributed by atoms with Crippen molar-refractivity contribution in [1.82, 2.24) is 14.9 Å². The molecule has 1 aliphatic heterocycles. The SMILES string of the molecule is COc1ccccc1-c1cnc(C(=O)N2[C@@H](c3ccccc3Cl)CC[C@H]2C(=O)O)cn1. The van der Waals surface area contributed by atoms with Crippen LogP contribution in [-0.2, 0) is 4.79 Å². The third-order valence-corrected chi connectivity index (χ3v) is 5.77. The fraction of sp³-hybridized carbons (Fsp3) is 0.217. The largest absolute Gasteiger partial charge is 0.496 e. The minimum Gasteiger partial charge on any atom is -0.496 e. The van der Waals surface area contributed by atoms with Crippen LogP contribution >= 0.6 is 11.6 Å². The van der Waals surface area contributed by atoms with E-state index >= 15 is 0 Å². The van der Waals surface area contributed by atoms with Gasteiger partial charge in [0.25, 0.3) is 5.91 Å². The molecule has 0 aliphatic carbocycles. The van der Waals surface area contributed by atoms with E-state index in [1.165, 1.54) is 17.3 Å². The number of methoxy groups -OCH3 is 1. The van der Waals surface area contributed by atoms with Gasteiger partial charge < -0.3 is 14.7 Å². The van der Waals surface area contributed by atoms with Crippen LogP contribution in [0.4, 0.5) is 0 Å². The number of nitrogens with zero attached hydrogens (tertiary/aromatic N) is 3. The summed E-state index contributed by atoms with van der Waals surface area (Å²) in [5, 5.41) is 10.2. The Hall–Kier alpha value is -3.45. The van der Waals surface area contributed by atoms with Crippen molar-refractivity contribution in [3.63, 3.8) is 0 Å². The summed E-state index contributed by atoms with van der Waals surface area (Å²) in [6, 6.07) is 13.1. The molecule has 4 rings (SSSR count). The van der Waals surface area contributed by atoms with Gasteiger partial charge in [-0.3, -0.25) is 9.78 Å². The van der Waals surface area contributed by atoms with Gasteiger partial charge in [0, 0.05) is 10.6 Å². The number of aromatic nitrogens is 2. The van der Waals surface area contributed by atoms with Gasteiger partial charge in [-0.25, -0.2) is 9.78 Å². The lowest BCUT2D eigenvalue weighted by Gasteiger charge is -2.28. The molecule has 0 saturated carbocycles. The standard InChI is InChI=1S/C23H20ClN3O4/c1-31-21-9-5-3-7-15(21)17-12-26-18(13-25-17)22(28)27-19(10-11-20(27)23(29)30)14-6-2-4-8-16(14)24/h2-9,12-13,19-20H,10-11H2,1H3,(H,29,30)/t19-,20+/m1/s1. The van der Waals surface area contributed by atoms with Crippen LogP contribution < -0.4 is 4.74 Å². The Bertz CT molecular complexity index is 1120. The molecule has 2 aromatic carbocycles. The molecule has 1 aromatic heterocycles. The van der Waals surface area contributed by atoms with E-state index in [4.69, 9.17) is 16.3 Å². The molecule has 1 amide bonds. The Labute approximate surface area is 184 Å². The van der Waals surface area contributed by atoms with Crippen LogP contribution in [0.2, 0.25) is 5.02 Å². The molecule has 1 saturated heterocycles. The van der Waals surface area contributed by atoms with Crippen molar-refractivity contribution in [2.75, 3.05) is 7.11 Å². The normalized spacial score (nSPS) is 18.1. The van der Waals surface area contributed by atoms with Gasteiger partial charge in [-0.2, -0.15) is 0 Å². The van der Waals surface area contributed by atoms with Crippen molar-refractivity contribution in [3.05, 3.63) is 77.2 Å². The van der Waals surface area contributed by atoms with Crippen molar-refractivity contribution in [3.8, 4) is 17.0 Å². The predicted octanol–water partition coefficient (Wildman–Crippen LogP) is 4.24. The fourth-order valence-corrected chi connectivity index (χ4v) is 4.22. The topological polar surface area (TPSA) is 92.6 Å². The lowest BCUT2D eigenvalue weighted by atomic mass is 10.0. The second kappa shape index (κ2) is 8.73. The van der Waals surface area contributed by atoms with Crippen LogP contribution in [0, 0.1) is 0 Å².